The largest absolute Gasteiger partial charge is 0.448 e. The van der Waals surface area contributed by atoms with Gasteiger partial charge in [0.15, 0.2) is 0 Å². The third-order valence-electron chi connectivity index (χ3n) is 6.27. The molecule has 3 aromatic carbocycles. The highest BCUT2D eigenvalue weighted by Crippen LogP contribution is 2.18. The van der Waals surface area contributed by atoms with E-state index in [9.17, 15) is 9.59 Å². The number of hydrogen-bond acceptors (Lipinski definition) is 4. The van der Waals surface area contributed by atoms with E-state index in [1.54, 1.807) is 4.90 Å². The second-order valence-electron chi connectivity index (χ2n) is 8.82. The summed E-state index contributed by atoms with van der Waals surface area (Å²) < 4.78 is 5.84. The molecule has 5 nitrogen and oxygen atoms in total. The number of carbonyl (C=O) groups is 2. The molecule has 0 radical (unpaired) electrons. The molecule has 3 aromatic rings. The Hall–Kier alpha value is -3.44. The molecule has 0 spiro atoms. The maximum Gasteiger partial charge on any atom is 0.409 e. The van der Waals surface area contributed by atoms with Crippen LogP contribution in [0.3, 0.4) is 0 Å². The van der Waals surface area contributed by atoms with Crippen molar-refractivity contribution in [3.05, 3.63) is 108 Å². The van der Waals surface area contributed by atoms with Crippen LogP contribution in [0.1, 0.15) is 29.5 Å². The Kier molecular flexibility index (Phi) is 8.47. The highest BCUT2D eigenvalue weighted by Gasteiger charge is 2.25. The van der Waals surface area contributed by atoms with Crippen LogP contribution in [-0.4, -0.2) is 47.4 Å². The minimum atomic E-state index is -0.329. The lowest BCUT2D eigenvalue weighted by molar-refractivity contribution is -0.121. The van der Waals surface area contributed by atoms with Crippen LogP contribution in [0, 0.1) is 0 Å². The highest BCUT2D eigenvalue weighted by atomic mass is 16.6. The van der Waals surface area contributed by atoms with Gasteiger partial charge >= 0.3 is 6.09 Å². The Morgan fingerprint density at radius 2 is 1.24 bits per heavy atom. The molecule has 0 N–H and O–H groups in total. The number of ketones is 1. The summed E-state index contributed by atoms with van der Waals surface area (Å²) in [5.41, 5.74) is 3.65. The molecule has 1 aliphatic rings. The molecular weight excluding hydrogens is 424 g/mol. The maximum absolute atomic E-state index is 12.8. The van der Waals surface area contributed by atoms with Crippen molar-refractivity contribution in [1.82, 2.24) is 9.80 Å². The Morgan fingerprint density at radius 1 is 0.765 bits per heavy atom. The number of carbonyl (C=O) groups excluding carboxylic acids is 2. The summed E-state index contributed by atoms with van der Waals surface area (Å²) in [4.78, 5) is 28.4. The van der Waals surface area contributed by atoms with E-state index in [0.29, 0.717) is 25.9 Å². The van der Waals surface area contributed by atoms with Crippen molar-refractivity contribution in [1.29, 1.82) is 0 Å². The van der Waals surface area contributed by atoms with Crippen LogP contribution < -0.4 is 0 Å². The summed E-state index contributed by atoms with van der Waals surface area (Å²) >= 11 is 0. The maximum atomic E-state index is 12.8. The molecule has 34 heavy (non-hydrogen) atoms. The molecule has 1 fully saturated rings. The third-order valence-corrected chi connectivity index (χ3v) is 6.27. The molecular formula is C29H32N2O3. The van der Waals surface area contributed by atoms with E-state index in [4.69, 9.17) is 4.74 Å². The average molecular weight is 457 g/mol. The van der Waals surface area contributed by atoms with E-state index in [2.05, 4.69) is 65.6 Å². The number of likely N-dealkylation sites (tertiary alicyclic amines) is 1. The van der Waals surface area contributed by atoms with Gasteiger partial charge < -0.3 is 9.64 Å². The van der Waals surface area contributed by atoms with Crippen LogP contribution >= 0.6 is 0 Å². The zero-order valence-corrected chi connectivity index (χ0v) is 19.5. The van der Waals surface area contributed by atoms with Crippen molar-refractivity contribution in [2.75, 3.05) is 19.7 Å². The number of nitrogens with zero attached hydrogens (tertiary/aromatic N) is 2. The van der Waals surface area contributed by atoms with Gasteiger partial charge in [-0.3, -0.25) is 9.69 Å². The first-order valence-electron chi connectivity index (χ1n) is 12.0. The van der Waals surface area contributed by atoms with Crippen LogP contribution in [0.5, 0.6) is 0 Å². The molecule has 0 aliphatic carbocycles. The number of amides is 1. The molecule has 0 aromatic heterocycles. The second-order valence-corrected chi connectivity index (χ2v) is 8.82. The van der Waals surface area contributed by atoms with Crippen molar-refractivity contribution in [2.45, 2.75) is 38.4 Å². The van der Waals surface area contributed by atoms with E-state index >= 15 is 0 Å². The number of benzene rings is 3. The van der Waals surface area contributed by atoms with Gasteiger partial charge in [0.2, 0.25) is 0 Å². The Labute approximate surface area is 202 Å². The molecule has 4 rings (SSSR count). The van der Waals surface area contributed by atoms with Gasteiger partial charge in [0.05, 0.1) is 0 Å². The SMILES string of the molecule is O=C1CCN(C(=O)OC[C@H](Cc2ccccc2)N(Cc2ccccc2)Cc2ccccc2)CC1. The Balaban J connectivity index is 1.53. The number of rotatable bonds is 9. The first-order chi connectivity index (χ1) is 16.7. The molecule has 1 heterocycles. The van der Waals surface area contributed by atoms with E-state index in [0.717, 1.165) is 19.5 Å². The monoisotopic (exact) mass is 456 g/mol. The van der Waals surface area contributed by atoms with Crippen LogP contribution in [0.15, 0.2) is 91.0 Å². The number of piperidine rings is 1. The molecule has 1 aliphatic heterocycles. The molecule has 1 amide bonds. The fraction of sp³-hybridized carbons (Fsp3) is 0.310. The van der Waals surface area contributed by atoms with E-state index in [1.165, 1.54) is 16.7 Å². The van der Waals surface area contributed by atoms with Gasteiger partial charge in [0.1, 0.15) is 12.4 Å². The highest BCUT2D eigenvalue weighted by molar-refractivity contribution is 5.81. The summed E-state index contributed by atoms with van der Waals surface area (Å²) in [5, 5.41) is 0. The Bertz CT molecular complexity index is 989. The first-order valence-corrected chi connectivity index (χ1v) is 12.0. The first kappa shape index (κ1) is 23.7. The summed E-state index contributed by atoms with van der Waals surface area (Å²) in [7, 11) is 0. The minimum Gasteiger partial charge on any atom is -0.448 e. The fourth-order valence-corrected chi connectivity index (χ4v) is 4.33. The van der Waals surface area contributed by atoms with Gasteiger partial charge in [-0.15, -0.1) is 0 Å². The molecule has 0 saturated carbocycles. The quantitative estimate of drug-likeness (QED) is 0.449. The summed E-state index contributed by atoms with van der Waals surface area (Å²) in [6, 6.07) is 31.1. The van der Waals surface area contributed by atoms with E-state index < -0.39 is 0 Å². The zero-order chi connectivity index (χ0) is 23.6. The van der Waals surface area contributed by atoms with E-state index in [-0.39, 0.29) is 24.5 Å². The lowest BCUT2D eigenvalue weighted by atomic mass is 10.0. The number of Topliss-reactive ketones (excluding diaryl/α,β-unsaturated/α-hetero) is 1. The summed E-state index contributed by atoms with van der Waals surface area (Å²) in [6.45, 7) is 2.68. The molecule has 0 bridgehead atoms. The van der Waals surface area contributed by atoms with Crippen molar-refractivity contribution in [2.24, 2.45) is 0 Å². The Morgan fingerprint density at radius 3 is 1.74 bits per heavy atom. The average Bonchev–Trinajstić information content (AvgIpc) is 2.88. The second kappa shape index (κ2) is 12.1. The topological polar surface area (TPSA) is 49.9 Å². The van der Waals surface area contributed by atoms with Gasteiger partial charge in [0, 0.05) is 45.1 Å². The molecule has 1 saturated heterocycles. The van der Waals surface area contributed by atoms with Gasteiger partial charge in [-0.1, -0.05) is 91.0 Å². The van der Waals surface area contributed by atoms with Crippen LogP contribution in [0.2, 0.25) is 0 Å². The number of ether oxygens (including phenoxy) is 1. The van der Waals surface area contributed by atoms with Crippen LogP contribution in [-0.2, 0) is 29.0 Å². The zero-order valence-electron chi connectivity index (χ0n) is 19.5. The molecule has 1 atom stereocenters. The van der Waals surface area contributed by atoms with Gasteiger partial charge in [-0.05, 0) is 23.1 Å². The third kappa shape index (κ3) is 7.03. The molecule has 0 unspecified atom stereocenters. The van der Waals surface area contributed by atoms with Crippen molar-refractivity contribution in [3.63, 3.8) is 0 Å². The standard InChI is InChI=1S/C29H32N2O3/c32-28-16-18-30(19-17-28)29(33)34-23-27(20-24-10-4-1-5-11-24)31(21-25-12-6-2-7-13-25)22-26-14-8-3-9-15-26/h1-15,27H,16-23H2/t27-/m0/s1. The van der Waals surface area contributed by atoms with Gasteiger partial charge in [-0.25, -0.2) is 4.79 Å². The predicted octanol–water partition coefficient (Wildman–Crippen LogP) is 5.10. The van der Waals surface area contributed by atoms with Crippen molar-refractivity contribution >= 4 is 11.9 Å². The van der Waals surface area contributed by atoms with Crippen molar-refractivity contribution in [3.8, 4) is 0 Å². The van der Waals surface area contributed by atoms with Gasteiger partial charge in [0.25, 0.3) is 0 Å². The smallest absolute Gasteiger partial charge is 0.409 e. The summed E-state index contributed by atoms with van der Waals surface area (Å²) in [6.07, 6.45) is 1.27. The summed E-state index contributed by atoms with van der Waals surface area (Å²) in [5.74, 6) is 0.211. The number of hydrogen-bond donors (Lipinski definition) is 0. The molecule has 5 heteroatoms. The van der Waals surface area contributed by atoms with Crippen LogP contribution in [0.4, 0.5) is 4.79 Å². The normalized spacial score (nSPS) is 14.7. The minimum absolute atomic E-state index is 0.00168. The lowest BCUT2D eigenvalue weighted by Gasteiger charge is -2.33. The van der Waals surface area contributed by atoms with Crippen LogP contribution in [0.25, 0.3) is 0 Å². The predicted molar refractivity (Wildman–Crippen MR) is 133 cm³/mol. The van der Waals surface area contributed by atoms with E-state index in [1.807, 2.05) is 30.3 Å². The van der Waals surface area contributed by atoms with Crippen molar-refractivity contribution < 1.29 is 14.3 Å². The van der Waals surface area contributed by atoms with Gasteiger partial charge in [-0.2, -0.15) is 0 Å². The molecule has 176 valence electrons. The fourth-order valence-electron chi connectivity index (χ4n) is 4.33. The lowest BCUT2D eigenvalue weighted by Crippen LogP contribution is -2.43.